The van der Waals surface area contributed by atoms with Gasteiger partial charge in [0, 0.05) is 18.3 Å². The van der Waals surface area contributed by atoms with Gasteiger partial charge in [-0.3, -0.25) is 0 Å². The highest BCUT2D eigenvalue weighted by Crippen LogP contribution is 2.32. The van der Waals surface area contributed by atoms with E-state index >= 15 is 0 Å². The van der Waals surface area contributed by atoms with Crippen LogP contribution in [0, 0.1) is 0 Å². The molecule has 0 aliphatic carbocycles. The summed E-state index contributed by atoms with van der Waals surface area (Å²) in [5.41, 5.74) is -2.23. The van der Waals surface area contributed by atoms with Crippen molar-refractivity contribution in [3.63, 3.8) is 0 Å². The van der Waals surface area contributed by atoms with Gasteiger partial charge in [0.1, 0.15) is 5.69 Å². The molecule has 2 aromatic heterocycles. The third-order valence-electron chi connectivity index (χ3n) is 3.98. The first kappa shape index (κ1) is 24.9. The zero-order chi connectivity index (χ0) is 24.9. The van der Waals surface area contributed by atoms with E-state index in [2.05, 4.69) is 30.6 Å². The molecule has 0 aliphatic rings. The van der Waals surface area contributed by atoms with E-state index in [-0.39, 0.29) is 24.1 Å². The van der Waals surface area contributed by atoms with Crippen LogP contribution in [0.1, 0.15) is 11.3 Å². The van der Waals surface area contributed by atoms with Crippen molar-refractivity contribution in [3.8, 4) is 11.9 Å². The fourth-order valence-corrected chi connectivity index (χ4v) is 2.44. The molecule has 0 aliphatic heterocycles. The maximum atomic E-state index is 13.0. The molecule has 1 aromatic carbocycles. The van der Waals surface area contributed by atoms with Gasteiger partial charge in [-0.1, -0.05) is 12.1 Å². The number of hydrogen-bond donors (Lipinski definition) is 4. The van der Waals surface area contributed by atoms with Gasteiger partial charge in [0.05, 0.1) is 18.3 Å². The Bertz CT molecular complexity index is 1050. The molecule has 2 heterocycles. The lowest BCUT2D eigenvalue weighted by Crippen LogP contribution is -2.24. The largest absolute Gasteiger partial charge is 0.433 e. The van der Waals surface area contributed by atoms with Crippen molar-refractivity contribution >= 4 is 17.6 Å². The van der Waals surface area contributed by atoms with Crippen LogP contribution in [-0.2, 0) is 12.4 Å². The number of nitrogens with one attached hydrogen (secondary N) is 2. The van der Waals surface area contributed by atoms with Crippen LogP contribution in [-0.4, -0.2) is 49.4 Å². The Balaban J connectivity index is 1.91. The molecule has 3 aromatic rings. The van der Waals surface area contributed by atoms with Crippen LogP contribution in [0.3, 0.4) is 0 Å². The van der Waals surface area contributed by atoms with Gasteiger partial charge < -0.3 is 25.6 Å². The average Bonchev–Trinajstić information content (AvgIpc) is 2.76. The SMILES string of the molecule is OC[C@@H](O)CNc1nc(Nc2cccc(C(F)(F)F)c2)nc(Oc2cccc(C(F)(F)F)n2)n1. The van der Waals surface area contributed by atoms with Crippen LogP contribution in [0.4, 0.5) is 43.9 Å². The number of aliphatic hydroxyl groups is 2. The second-order valence-electron chi connectivity index (χ2n) is 6.65. The Morgan fingerprint density at radius 2 is 1.59 bits per heavy atom. The summed E-state index contributed by atoms with van der Waals surface area (Å²) in [7, 11) is 0. The number of benzene rings is 1. The minimum absolute atomic E-state index is 0.0505. The van der Waals surface area contributed by atoms with E-state index in [1.807, 2.05) is 0 Å². The lowest BCUT2D eigenvalue weighted by molar-refractivity contribution is -0.141. The summed E-state index contributed by atoms with van der Waals surface area (Å²) in [5.74, 6) is -1.08. The number of ether oxygens (including phenoxy) is 1. The third-order valence-corrected chi connectivity index (χ3v) is 3.98. The summed E-state index contributed by atoms with van der Waals surface area (Å²) < 4.78 is 82.8. The number of nitrogens with zero attached hydrogens (tertiary/aromatic N) is 4. The molecule has 0 fully saturated rings. The van der Waals surface area contributed by atoms with E-state index in [0.717, 1.165) is 36.4 Å². The van der Waals surface area contributed by atoms with Crippen LogP contribution < -0.4 is 15.4 Å². The summed E-state index contributed by atoms with van der Waals surface area (Å²) in [5, 5.41) is 23.5. The molecule has 15 heteroatoms. The first-order valence-corrected chi connectivity index (χ1v) is 9.39. The highest BCUT2D eigenvalue weighted by molar-refractivity contribution is 5.56. The molecule has 4 N–H and O–H groups in total. The quantitative estimate of drug-likeness (QED) is 0.351. The van der Waals surface area contributed by atoms with E-state index in [4.69, 9.17) is 9.84 Å². The molecule has 182 valence electrons. The monoisotopic (exact) mass is 490 g/mol. The van der Waals surface area contributed by atoms with Gasteiger partial charge in [-0.2, -0.15) is 41.3 Å². The third kappa shape index (κ3) is 6.89. The highest BCUT2D eigenvalue weighted by Gasteiger charge is 2.33. The molecule has 3 rings (SSSR count). The lowest BCUT2D eigenvalue weighted by atomic mass is 10.2. The standard InChI is InChI=1S/C19H16F6N6O3/c20-18(21,22)10-3-1-4-11(7-10)27-16-29-15(26-8-12(33)9-32)30-17(31-16)34-14-6-2-5-13(28-14)19(23,24)25/h1-7,12,32-33H,8-9H2,(H2,26,27,29,30,31)/t12-/m0/s1. The fourth-order valence-electron chi connectivity index (χ4n) is 2.44. The maximum Gasteiger partial charge on any atom is 0.433 e. The van der Waals surface area contributed by atoms with Gasteiger partial charge in [0.25, 0.3) is 0 Å². The van der Waals surface area contributed by atoms with Crippen molar-refractivity contribution in [1.29, 1.82) is 0 Å². The first-order chi connectivity index (χ1) is 15.9. The summed E-state index contributed by atoms with van der Waals surface area (Å²) in [6.45, 7) is -0.824. The molecule has 0 saturated heterocycles. The van der Waals surface area contributed by atoms with Gasteiger partial charge in [0.2, 0.25) is 17.8 Å². The number of aromatic nitrogens is 4. The number of halogens is 6. The number of rotatable bonds is 8. The molecular weight excluding hydrogens is 474 g/mol. The Morgan fingerprint density at radius 1 is 0.882 bits per heavy atom. The highest BCUT2D eigenvalue weighted by atomic mass is 19.4. The molecular formula is C19H16F6N6O3. The second-order valence-corrected chi connectivity index (χ2v) is 6.65. The second kappa shape index (κ2) is 10.0. The summed E-state index contributed by atoms with van der Waals surface area (Å²) in [6, 6.07) is 6.44. The molecule has 0 unspecified atom stereocenters. The topological polar surface area (TPSA) is 125 Å². The zero-order valence-electron chi connectivity index (χ0n) is 16.9. The molecule has 0 saturated carbocycles. The van der Waals surface area contributed by atoms with Gasteiger partial charge in [-0.15, -0.1) is 0 Å². The van der Waals surface area contributed by atoms with Crippen LogP contribution in [0.15, 0.2) is 42.5 Å². The van der Waals surface area contributed by atoms with E-state index in [1.54, 1.807) is 0 Å². The summed E-state index contributed by atoms with van der Waals surface area (Å²) >= 11 is 0. The lowest BCUT2D eigenvalue weighted by Gasteiger charge is -2.13. The number of aliphatic hydroxyl groups excluding tert-OH is 2. The summed E-state index contributed by atoms with van der Waals surface area (Å²) in [4.78, 5) is 14.9. The molecule has 0 bridgehead atoms. The molecule has 1 atom stereocenters. The average molecular weight is 490 g/mol. The Morgan fingerprint density at radius 3 is 2.26 bits per heavy atom. The molecule has 0 radical (unpaired) electrons. The van der Waals surface area contributed by atoms with Gasteiger partial charge in [0.15, 0.2) is 0 Å². The fraction of sp³-hybridized carbons (Fsp3) is 0.263. The van der Waals surface area contributed by atoms with Crippen LogP contribution in [0.2, 0.25) is 0 Å². The minimum atomic E-state index is -4.73. The van der Waals surface area contributed by atoms with Crippen molar-refractivity contribution in [2.24, 2.45) is 0 Å². The predicted octanol–water partition coefficient (Wildman–Crippen LogP) is 3.61. The molecule has 0 spiro atoms. The number of pyridine rings is 1. The maximum absolute atomic E-state index is 13.0. The molecule has 9 nitrogen and oxygen atoms in total. The van der Waals surface area contributed by atoms with Gasteiger partial charge in [-0.25, -0.2) is 4.98 Å². The van der Waals surface area contributed by atoms with Crippen molar-refractivity contribution in [2.45, 2.75) is 18.5 Å². The number of alkyl halides is 6. The van der Waals surface area contributed by atoms with Crippen LogP contribution in [0.25, 0.3) is 0 Å². The van der Waals surface area contributed by atoms with Crippen LogP contribution >= 0.6 is 0 Å². The van der Waals surface area contributed by atoms with E-state index < -0.39 is 48.2 Å². The van der Waals surface area contributed by atoms with E-state index in [0.29, 0.717) is 0 Å². The first-order valence-electron chi connectivity index (χ1n) is 9.39. The molecule has 0 amide bonds. The van der Waals surface area contributed by atoms with Crippen molar-refractivity contribution in [1.82, 2.24) is 19.9 Å². The van der Waals surface area contributed by atoms with Crippen molar-refractivity contribution in [3.05, 3.63) is 53.7 Å². The van der Waals surface area contributed by atoms with E-state index in [9.17, 15) is 31.4 Å². The minimum Gasteiger partial charge on any atom is -0.405 e. The zero-order valence-corrected chi connectivity index (χ0v) is 16.9. The Kier molecular flexibility index (Phi) is 7.36. The number of hydrogen-bond acceptors (Lipinski definition) is 9. The van der Waals surface area contributed by atoms with E-state index in [1.165, 1.54) is 6.07 Å². The smallest absolute Gasteiger partial charge is 0.405 e. The predicted molar refractivity (Wildman–Crippen MR) is 105 cm³/mol. The van der Waals surface area contributed by atoms with Gasteiger partial charge >= 0.3 is 18.4 Å². The summed E-state index contributed by atoms with van der Waals surface area (Å²) in [6.07, 6.45) is -10.5. The van der Waals surface area contributed by atoms with Crippen molar-refractivity contribution in [2.75, 3.05) is 23.8 Å². The Labute approximate surface area is 187 Å². The number of anilines is 3. The normalized spacial score (nSPS) is 12.8. The van der Waals surface area contributed by atoms with Crippen LogP contribution in [0.5, 0.6) is 11.9 Å². The van der Waals surface area contributed by atoms with Gasteiger partial charge in [-0.05, 0) is 24.3 Å². The van der Waals surface area contributed by atoms with Crippen molar-refractivity contribution < 1.29 is 41.3 Å². The Hall–Kier alpha value is -3.72. The molecule has 34 heavy (non-hydrogen) atoms.